The molecule has 1 aliphatic carbocycles. The van der Waals surface area contributed by atoms with Gasteiger partial charge >= 0.3 is 0 Å². The molecule has 0 atom stereocenters. The normalized spacial score (nSPS) is 14.4. The quantitative estimate of drug-likeness (QED) is 0.911. The summed E-state index contributed by atoms with van der Waals surface area (Å²) in [6, 6.07) is 12.1. The van der Waals surface area contributed by atoms with E-state index >= 15 is 0 Å². The lowest BCUT2D eigenvalue weighted by molar-refractivity contribution is 0.0949. The molecule has 0 spiro atoms. The number of rotatable bonds is 4. The van der Waals surface area contributed by atoms with E-state index in [9.17, 15) is 4.79 Å². The van der Waals surface area contributed by atoms with Crippen molar-refractivity contribution in [3.63, 3.8) is 0 Å². The Morgan fingerprint density at radius 1 is 1.26 bits per heavy atom. The summed E-state index contributed by atoms with van der Waals surface area (Å²) in [7, 11) is 0. The number of benzene rings is 2. The van der Waals surface area contributed by atoms with Crippen molar-refractivity contribution in [3.05, 3.63) is 42.0 Å². The highest BCUT2D eigenvalue weighted by Crippen LogP contribution is 2.29. The lowest BCUT2D eigenvalue weighted by Gasteiger charge is -2.13. The van der Waals surface area contributed by atoms with Crippen LogP contribution in [0.15, 0.2) is 36.4 Å². The molecule has 2 aromatic carbocycles. The lowest BCUT2D eigenvalue weighted by Crippen LogP contribution is -2.26. The van der Waals surface area contributed by atoms with Crippen molar-refractivity contribution in [1.29, 1.82) is 0 Å². The first kappa shape index (κ1) is 12.0. The molecule has 1 N–H and O–H groups in total. The molecule has 0 aliphatic heterocycles. The molecular weight excluding hydrogens is 238 g/mol. The van der Waals surface area contributed by atoms with Crippen LogP contribution in [0.3, 0.4) is 0 Å². The van der Waals surface area contributed by atoms with Crippen molar-refractivity contribution >= 4 is 16.7 Å². The number of carbonyl (C=O) groups excluding carboxylic acids is 1. The number of fused-ring (bicyclic) bond motifs is 1. The molecule has 1 aliphatic rings. The smallest absolute Gasteiger partial charge is 0.255 e. The van der Waals surface area contributed by atoms with Crippen LogP contribution in [0.2, 0.25) is 0 Å². The van der Waals surface area contributed by atoms with E-state index in [1.54, 1.807) is 0 Å². The minimum absolute atomic E-state index is 0.0252. The van der Waals surface area contributed by atoms with Crippen LogP contribution in [-0.4, -0.2) is 18.6 Å². The number of amides is 1. The van der Waals surface area contributed by atoms with Gasteiger partial charge in [-0.2, -0.15) is 0 Å². The van der Waals surface area contributed by atoms with Gasteiger partial charge < -0.3 is 10.1 Å². The minimum Gasteiger partial charge on any atom is -0.493 e. The molecule has 0 radical (unpaired) electrons. The summed E-state index contributed by atoms with van der Waals surface area (Å²) >= 11 is 0. The van der Waals surface area contributed by atoms with Gasteiger partial charge in [-0.1, -0.05) is 30.3 Å². The molecule has 2 aromatic rings. The Morgan fingerprint density at radius 2 is 2.05 bits per heavy atom. The van der Waals surface area contributed by atoms with Crippen molar-refractivity contribution in [3.8, 4) is 5.75 Å². The van der Waals surface area contributed by atoms with Crippen LogP contribution in [0.4, 0.5) is 0 Å². The van der Waals surface area contributed by atoms with E-state index in [-0.39, 0.29) is 5.91 Å². The minimum atomic E-state index is -0.0252. The van der Waals surface area contributed by atoms with Gasteiger partial charge in [-0.05, 0) is 36.6 Å². The van der Waals surface area contributed by atoms with Crippen LogP contribution in [0.1, 0.15) is 30.1 Å². The Labute approximate surface area is 112 Å². The Kier molecular flexibility index (Phi) is 3.11. The van der Waals surface area contributed by atoms with Crippen LogP contribution < -0.4 is 10.1 Å². The van der Waals surface area contributed by atoms with Gasteiger partial charge in [0.05, 0.1) is 12.2 Å². The van der Waals surface area contributed by atoms with E-state index < -0.39 is 0 Å². The zero-order valence-corrected chi connectivity index (χ0v) is 11.0. The van der Waals surface area contributed by atoms with Gasteiger partial charge in [0.25, 0.3) is 5.91 Å². The number of hydrogen-bond acceptors (Lipinski definition) is 2. The predicted molar refractivity (Wildman–Crippen MR) is 75.6 cm³/mol. The summed E-state index contributed by atoms with van der Waals surface area (Å²) in [6.45, 7) is 2.49. The second-order valence-corrected chi connectivity index (χ2v) is 4.84. The molecule has 1 saturated carbocycles. The summed E-state index contributed by atoms with van der Waals surface area (Å²) < 4.78 is 5.61. The third-order valence-electron chi connectivity index (χ3n) is 3.33. The maximum Gasteiger partial charge on any atom is 0.255 e. The summed E-state index contributed by atoms with van der Waals surface area (Å²) in [5.41, 5.74) is 0.659. The van der Waals surface area contributed by atoms with Crippen molar-refractivity contribution < 1.29 is 9.53 Å². The van der Waals surface area contributed by atoms with E-state index in [4.69, 9.17) is 4.74 Å². The Balaban J connectivity index is 2.09. The number of ether oxygens (including phenoxy) is 1. The molecule has 0 unspecified atom stereocenters. The molecule has 0 aromatic heterocycles. The van der Waals surface area contributed by atoms with Crippen molar-refractivity contribution in [2.24, 2.45) is 0 Å². The third-order valence-corrected chi connectivity index (χ3v) is 3.33. The predicted octanol–water partition coefficient (Wildman–Crippen LogP) is 3.13. The maximum atomic E-state index is 12.4. The third kappa shape index (κ3) is 2.41. The van der Waals surface area contributed by atoms with Gasteiger partial charge in [0.15, 0.2) is 0 Å². The molecular formula is C16H17NO2. The molecule has 3 rings (SSSR count). The number of hydrogen-bond donors (Lipinski definition) is 1. The molecule has 3 nitrogen and oxygen atoms in total. The standard InChI is InChI=1S/C16H17NO2/c1-2-19-14-10-7-11-5-3-4-6-13(11)15(14)16(18)17-12-8-9-12/h3-7,10,12H,2,8-9H2,1H3,(H,17,18). The highest BCUT2D eigenvalue weighted by molar-refractivity contribution is 6.09. The first-order chi connectivity index (χ1) is 9.29. The zero-order chi connectivity index (χ0) is 13.2. The summed E-state index contributed by atoms with van der Waals surface area (Å²) in [4.78, 5) is 12.4. The molecule has 3 heteroatoms. The van der Waals surface area contributed by atoms with Crippen LogP contribution >= 0.6 is 0 Å². The second kappa shape index (κ2) is 4.92. The molecule has 0 saturated heterocycles. The van der Waals surface area contributed by atoms with E-state index in [2.05, 4.69) is 5.32 Å². The molecule has 19 heavy (non-hydrogen) atoms. The monoisotopic (exact) mass is 255 g/mol. The van der Waals surface area contributed by atoms with Crippen LogP contribution in [0.5, 0.6) is 5.75 Å². The highest BCUT2D eigenvalue weighted by atomic mass is 16.5. The highest BCUT2D eigenvalue weighted by Gasteiger charge is 2.26. The molecule has 1 amide bonds. The summed E-state index contributed by atoms with van der Waals surface area (Å²) in [6.07, 6.45) is 2.17. The number of nitrogens with one attached hydrogen (secondary N) is 1. The number of carbonyl (C=O) groups is 1. The van der Waals surface area contributed by atoms with Crippen molar-refractivity contribution in [2.45, 2.75) is 25.8 Å². The molecule has 0 heterocycles. The maximum absolute atomic E-state index is 12.4. The zero-order valence-electron chi connectivity index (χ0n) is 11.0. The largest absolute Gasteiger partial charge is 0.493 e. The van der Waals surface area contributed by atoms with Gasteiger partial charge in [-0.25, -0.2) is 0 Å². The summed E-state index contributed by atoms with van der Waals surface area (Å²) in [5, 5.41) is 5.05. The van der Waals surface area contributed by atoms with Gasteiger partial charge in [-0.15, -0.1) is 0 Å². The Hall–Kier alpha value is -2.03. The van der Waals surface area contributed by atoms with Crippen LogP contribution in [-0.2, 0) is 0 Å². The first-order valence-corrected chi connectivity index (χ1v) is 6.75. The fourth-order valence-corrected chi connectivity index (χ4v) is 2.25. The Bertz CT molecular complexity index is 617. The second-order valence-electron chi connectivity index (χ2n) is 4.84. The topological polar surface area (TPSA) is 38.3 Å². The van der Waals surface area contributed by atoms with Gasteiger partial charge in [0, 0.05) is 6.04 Å². The lowest BCUT2D eigenvalue weighted by atomic mass is 10.0. The Morgan fingerprint density at radius 3 is 2.79 bits per heavy atom. The average molecular weight is 255 g/mol. The van der Waals surface area contributed by atoms with Crippen molar-refractivity contribution in [1.82, 2.24) is 5.32 Å². The fraction of sp³-hybridized carbons (Fsp3) is 0.312. The molecule has 1 fully saturated rings. The fourth-order valence-electron chi connectivity index (χ4n) is 2.25. The first-order valence-electron chi connectivity index (χ1n) is 6.75. The van der Waals surface area contributed by atoms with E-state index in [0.717, 1.165) is 23.6 Å². The van der Waals surface area contributed by atoms with E-state index in [1.165, 1.54) is 0 Å². The summed E-state index contributed by atoms with van der Waals surface area (Å²) in [5.74, 6) is 0.641. The van der Waals surface area contributed by atoms with Gasteiger partial charge in [0.2, 0.25) is 0 Å². The SMILES string of the molecule is CCOc1ccc2ccccc2c1C(=O)NC1CC1. The van der Waals surface area contributed by atoms with Crippen molar-refractivity contribution in [2.75, 3.05) is 6.61 Å². The van der Waals surface area contributed by atoms with Crippen LogP contribution in [0.25, 0.3) is 10.8 Å². The average Bonchev–Trinajstić information content (AvgIpc) is 3.22. The van der Waals surface area contributed by atoms with Gasteiger partial charge in [-0.3, -0.25) is 4.79 Å². The molecule has 0 bridgehead atoms. The van der Waals surface area contributed by atoms with E-state index in [1.807, 2.05) is 43.3 Å². The van der Waals surface area contributed by atoms with E-state index in [0.29, 0.717) is 24.0 Å². The molecule has 98 valence electrons. The van der Waals surface area contributed by atoms with Crippen LogP contribution in [0, 0.1) is 0 Å². The van der Waals surface area contributed by atoms with Gasteiger partial charge in [0.1, 0.15) is 5.75 Å².